The van der Waals surface area contributed by atoms with E-state index in [4.69, 9.17) is 4.74 Å². The molecule has 0 bridgehead atoms. The fourth-order valence-electron chi connectivity index (χ4n) is 3.10. The number of ether oxygens (including phenoxy) is 1. The highest BCUT2D eigenvalue weighted by Gasteiger charge is 2.39. The summed E-state index contributed by atoms with van der Waals surface area (Å²) in [5.41, 5.74) is 0.0137. The first-order valence-corrected chi connectivity index (χ1v) is 8.45. The number of nitrogens with one attached hydrogen (secondary N) is 1. The number of rotatable bonds is 5. The molecular weight excluding hydrogens is 381 g/mol. The largest absolute Gasteiger partial charge is 0.435 e. The smallest absolute Gasteiger partial charge is 0.376 e. The molecule has 1 aromatic carbocycles. The first-order chi connectivity index (χ1) is 13.2. The number of amides is 1. The van der Waals surface area contributed by atoms with Gasteiger partial charge in [0, 0.05) is 41.4 Å². The zero-order chi connectivity index (χ0) is 20.5. The van der Waals surface area contributed by atoms with Gasteiger partial charge in [0.05, 0.1) is 24.7 Å². The maximum absolute atomic E-state index is 13.1. The van der Waals surface area contributed by atoms with Gasteiger partial charge in [0.2, 0.25) is 0 Å². The SMILES string of the molecule is Cc1cc(C(=O)NCCn2nc(C(F)(F)F)c3c2CCOC3)ccc1[N+](=O)[O-]. The Hall–Kier alpha value is -2.95. The van der Waals surface area contributed by atoms with Gasteiger partial charge in [-0.25, -0.2) is 0 Å². The molecule has 0 atom stereocenters. The number of nitro benzene ring substituents is 1. The van der Waals surface area contributed by atoms with Gasteiger partial charge in [-0.1, -0.05) is 0 Å². The predicted molar refractivity (Wildman–Crippen MR) is 90.8 cm³/mol. The lowest BCUT2D eigenvalue weighted by Crippen LogP contribution is -2.28. The highest BCUT2D eigenvalue weighted by molar-refractivity contribution is 5.94. The number of aryl methyl sites for hydroxylation is 1. The molecule has 0 spiro atoms. The number of aromatic nitrogens is 2. The van der Waals surface area contributed by atoms with Crippen LogP contribution in [-0.4, -0.2) is 33.8 Å². The average molecular weight is 398 g/mol. The summed E-state index contributed by atoms with van der Waals surface area (Å²) in [6.07, 6.45) is -4.26. The van der Waals surface area contributed by atoms with Crippen molar-refractivity contribution in [1.29, 1.82) is 0 Å². The van der Waals surface area contributed by atoms with Crippen LogP contribution in [0.1, 0.15) is 32.9 Å². The first kappa shape index (κ1) is 19.8. The van der Waals surface area contributed by atoms with Crippen molar-refractivity contribution in [3.63, 3.8) is 0 Å². The van der Waals surface area contributed by atoms with Crippen molar-refractivity contribution in [2.24, 2.45) is 0 Å². The van der Waals surface area contributed by atoms with Crippen LogP contribution in [0, 0.1) is 17.0 Å². The Labute approximate surface area is 157 Å². The summed E-state index contributed by atoms with van der Waals surface area (Å²) >= 11 is 0. The molecule has 0 saturated heterocycles. The molecule has 8 nitrogen and oxygen atoms in total. The molecule has 1 N–H and O–H groups in total. The van der Waals surface area contributed by atoms with E-state index >= 15 is 0 Å². The Morgan fingerprint density at radius 2 is 2.18 bits per heavy atom. The first-order valence-electron chi connectivity index (χ1n) is 8.45. The number of carbonyl (C=O) groups is 1. The molecular formula is C17H17F3N4O4. The quantitative estimate of drug-likeness (QED) is 0.617. The van der Waals surface area contributed by atoms with E-state index < -0.39 is 22.7 Å². The molecule has 0 unspecified atom stereocenters. The van der Waals surface area contributed by atoms with Gasteiger partial charge in [0.15, 0.2) is 5.69 Å². The second-order valence-electron chi connectivity index (χ2n) is 6.31. The second-order valence-corrected chi connectivity index (χ2v) is 6.31. The van der Waals surface area contributed by atoms with Gasteiger partial charge >= 0.3 is 6.18 Å². The van der Waals surface area contributed by atoms with Crippen LogP contribution in [0.3, 0.4) is 0 Å². The summed E-state index contributed by atoms with van der Waals surface area (Å²) in [5, 5.41) is 17.1. The molecule has 0 aliphatic carbocycles. The summed E-state index contributed by atoms with van der Waals surface area (Å²) in [4.78, 5) is 22.5. The van der Waals surface area contributed by atoms with Crippen LogP contribution in [0.2, 0.25) is 0 Å². The van der Waals surface area contributed by atoms with Gasteiger partial charge in [-0.15, -0.1) is 0 Å². The molecule has 3 rings (SSSR count). The number of hydrogen-bond donors (Lipinski definition) is 1. The van der Waals surface area contributed by atoms with Crippen molar-refractivity contribution in [3.05, 3.63) is 56.4 Å². The Morgan fingerprint density at radius 3 is 2.82 bits per heavy atom. The number of alkyl halides is 3. The van der Waals surface area contributed by atoms with Crippen LogP contribution >= 0.6 is 0 Å². The van der Waals surface area contributed by atoms with E-state index in [1.165, 1.54) is 29.8 Å². The lowest BCUT2D eigenvalue weighted by Gasteiger charge is -2.15. The van der Waals surface area contributed by atoms with Gasteiger partial charge < -0.3 is 10.1 Å². The summed E-state index contributed by atoms with van der Waals surface area (Å²) in [6, 6.07) is 3.96. The maximum Gasteiger partial charge on any atom is 0.435 e. The summed E-state index contributed by atoms with van der Waals surface area (Å²) in [6.45, 7) is 1.81. The van der Waals surface area contributed by atoms with Crippen LogP contribution in [0.4, 0.5) is 18.9 Å². The zero-order valence-corrected chi connectivity index (χ0v) is 14.9. The molecule has 2 heterocycles. The Balaban J connectivity index is 1.68. The molecule has 1 aliphatic heterocycles. The minimum atomic E-state index is -4.57. The van der Waals surface area contributed by atoms with Gasteiger partial charge in [-0.3, -0.25) is 19.6 Å². The minimum Gasteiger partial charge on any atom is -0.376 e. The van der Waals surface area contributed by atoms with E-state index in [9.17, 15) is 28.1 Å². The minimum absolute atomic E-state index is 0.0380. The van der Waals surface area contributed by atoms with E-state index in [0.717, 1.165) is 0 Å². The Kier molecular flexibility index (Phi) is 5.36. The normalized spacial score (nSPS) is 13.9. The number of halogens is 3. The van der Waals surface area contributed by atoms with Crippen LogP contribution in [0.5, 0.6) is 0 Å². The van der Waals surface area contributed by atoms with Crippen LogP contribution in [0.15, 0.2) is 18.2 Å². The maximum atomic E-state index is 13.1. The van der Waals surface area contributed by atoms with Crippen molar-refractivity contribution in [1.82, 2.24) is 15.1 Å². The van der Waals surface area contributed by atoms with Gasteiger partial charge in [0.25, 0.3) is 11.6 Å². The molecule has 2 aromatic rings. The van der Waals surface area contributed by atoms with E-state index in [0.29, 0.717) is 24.3 Å². The topological polar surface area (TPSA) is 99.3 Å². The summed E-state index contributed by atoms with van der Waals surface area (Å²) < 4.78 is 45.8. The highest BCUT2D eigenvalue weighted by Crippen LogP contribution is 2.34. The standard InChI is InChI=1S/C17H17F3N4O4/c1-10-8-11(2-3-13(10)24(26)27)16(25)21-5-6-23-14-4-7-28-9-12(14)15(22-23)17(18,19)20/h2-3,8H,4-7,9H2,1H3,(H,21,25). The van der Waals surface area contributed by atoms with Crippen molar-refractivity contribution < 1.29 is 27.6 Å². The van der Waals surface area contributed by atoms with E-state index in [2.05, 4.69) is 10.4 Å². The van der Waals surface area contributed by atoms with Gasteiger partial charge in [-0.2, -0.15) is 18.3 Å². The van der Waals surface area contributed by atoms with E-state index in [1.807, 2.05) is 0 Å². The van der Waals surface area contributed by atoms with Crippen LogP contribution in [-0.2, 0) is 30.5 Å². The fraction of sp³-hybridized carbons (Fsp3) is 0.412. The summed E-state index contributed by atoms with van der Waals surface area (Å²) in [5.74, 6) is -0.474. The molecule has 1 amide bonds. The third-order valence-electron chi connectivity index (χ3n) is 4.43. The third-order valence-corrected chi connectivity index (χ3v) is 4.43. The van der Waals surface area contributed by atoms with Crippen molar-refractivity contribution in [2.75, 3.05) is 13.2 Å². The van der Waals surface area contributed by atoms with Gasteiger partial charge in [0.1, 0.15) is 0 Å². The lowest BCUT2D eigenvalue weighted by atomic mass is 10.1. The van der Waals surface area contributed by atoms with Crippen molar-refractivity contribution >= 4 is 11.6 Å². The average Bonchev–Trinajstić information content (AvgIpc) is 3.00. The molecule has 1 aromatic heterocycles. The van der Waals surface area contributed by atoms with Crippen LogP contribution < -0.4 is 5.32 Å². The molecule has 0 fully saturated rings. The number of fused-ring (bicyclic) bond motifs is 1. The fourth-order valence-corrected chi connectivity index (χ4v) is 3.10. The number of hydrogen-bond acceptors (Lipinski definition) is 5. The zero-order valence-electron chi connectivity index (χ0n) is 14.9. The van der Waals surface area contributed by atoms with Gasteiger partial charge in [-0.05, 0) is 19.1 Å². The molecule has 28 heavy (non-hydrogen) atoms. The number of nitrogens with zero attached hydrogens (tertiary/aromatic N) is 3. The van der Waals surface area contributed by atoms with E-state index in [1.54, 1.807) is 0 Å². The number of carbonyl (C=O) groups excluding carboxylic acids is 1. The van der Waals surface area contributed by atoms with E-state index in [-0.39, 0.29) is 36.5 Å². The second kappa shape index (κ2) is 7.58. The number of nitro groups is 1. The summed E-state index contributed by atoms with van der Waals surface area (Å²) in [7, 11) is 0. The van der Waals surface area contributed by atoms with Crippen molar-refractivity contribution in [3.8, 4) is 0 Å². The molecule has 11 heteroatoms. The molecule has 1 aliphatic rings. The molecule has 150 valence electrons. The Bertz CT molecular complexity index is 924. The number of benzene rings is 1. The monoisotopic (exact) mass is 398 g/mol. The van der Waals surface area contributed by atoms with Crippen molar-refractivity contribution in [2.45, 2.75) is 32.7 Å². The predicted octanol–water partition coefficient (Wildman–Crippen LogP) is 2.62. The Morgan fingerprint density at radius 1 is 1.43 bits per heavy atom. The highest BCUT2D eigenvalue weighted by atomic mass is 19.4. The molecule has 0 saturated carbocycles. The van der Waals surface area contributed by atoms with Crippen LogP contribution in [0.25, 0.3) is 0 Å². The molecule has 0 radical (unpaired) electrons. The lowest BCUT2D eigenvalue weighted by molar-refractivity contribution is -0.385. The third kappa shape index (κ3) is 3.98.